The Labute approximate surface area is 387 Å². The third-order valence-electron chi connectivity index (χ3n) is 14.3. The van der Waals surface area contributed by atoms with Crippen molar-refractivity contribution >= 4 is 77.3 Å². The van der Waals surface area contributed by atoms with E-state index in [0.29, 0.717) is 23.4 Å². The third-order valence-corrected chi connectivity index (χ3v) is 14.3. The second kappa shape index (κ2) is 14.8. The molecule has 67 heavy (non-hydrogen) atoms. The standard InChI is InChI=1S/C62H42N4O/c1-37-13-11-19-40-27-30-50-57-54(66-53-24-10-9-23-49(53)52-35-42-17-5-6-18-43(42)36-55(52)66)32-31-51(59(57)67-58(50)56(37)40)62-64-60(45-21-12-20-41(33-45)38-14-3-2-4-15-38)63-61(65-62)46-28-29-48-44(34-46)26-25-39-16-7-8-22-47(39)48/h2-8,10-12,14-22,24-37H,9,13,23H2,1H3. The smallest absolute Gasteiger partial charge is 0.167 e. The maximum absolute atomic E-state index is 7.37. The van der Waals surface area contributed by atoms with Crippen molar-refractivity contribution in [3.63, 3.8) is 0 Å². The Hall–Kier alpha value is -8.41. The van der Waals surface area contributed by atoms with Crippen molar-refractivity contribution in [2.45, 2.75) is 32.1 Å². The highest BCUT2D eigenvalue weighted by molar-refractivity contribution is 6.16. The lowest BCUT2D eigenvalue weighted by Crippen LogP contribution is -2.03. The summed E-state index contributed by atoms with van der Waals surface area (Å²) in [5, 5.41) is 10.7. The van der Waals surface area contributed by atoms with E-state index >= 15 is 0 Å². The average Bonchev–Trinajstić information content (AvgIpc) is 3.94. The van der Waals surface area contributed by atoms with Crippen LogP contribution in [0.1, 0.15) is 48.1 Å². The topological polar surface area (TPSA) is 56.7 Å². The van der Waals surface area contributed by atoms with Crippen molar-refractivity contribution in [3.05, 3.63) is 204 Å². The Balaban J connectivity index is 1.05. The Morgan fingerprint density at radius 3 is 2.10 bits per heavy atom. The summed E-state index contributed by atoms with van der Waals surface area (Å²) in [6, 6.07) is 61.0. The first-order valence-electron chi connectivity index (χ1n) is 23.4. The molecule has 2 aliphatic rings. The van der Waals surface area contributed by atoms with E-state index in [4.69, 9.17) is 19.4 Å². The summed E-state index contributed by atoms with van der Waals surface area (Å²) in [5.41, 5.74) is 13.9. The van der Waals surface area contributed by atoms with Crippen molar-refractivity contribution < 1.29 is 4.42 Å². The van der Waals surface area contributed by atoms with Gasteiger partial charge in [-0.3, -0.25) is 0 Å². The average molecular weight is 859 g/mol. The molecule has 9 aromatic carbocycles. The monoisotopic (exact) mass is 858 g/mol. The molecule has 5 heteroatoms. The van der Waals surface area contributed by atoms with Crippen LogP contribution in [-0.4, -0.2) is 19.5 Å². The number of hydrogen-bond donors (Lipinski definition) is 0. The summed E-state index contributed by atoms with van der Waals surface area (Å²) < 4.78 is 9.85. The van der Waals surface area contributed by atoms with Gasteiger partial charge in [-0.25, -0.2) is 15.0 Å². The van der Waals surface area contributed by atoms with E-state index < -0.39 is 0 Å². The lowest BCUT2D eigenvalue weighted by molar-refractivity contribution is 0.650. The van der Waals surface area contributed by atoms with E-state index in [9.17, 15) is 0 Å². The number of nitrogens with zero attached hydrogens (tertiary/aromatic N) is 4. The molecule has 3 heterocycles. The van der Waals surface area contributed by atoms with Gasteiger partial charge < -0.3 is 8.98 Å². The van der Waals surface area contributed by atoms with Crippen LogP contribution in [0.2, 0.25) is 0 Å². The molecule has 0 radical (unpaired) electrons. The first kappa shape index (κ1) is 37.9. The largest absolute Gasteiger partial charge is 0.455 e. The predicted molar refractivity (Wildman–Crippen MR) is 278 cm³/mol. The summed E-state index contributed by atoms with van der Waals surface area (Å²) in [7, 11) is 0. The minimum atomic E-state index is 0.294. The van der Waals surface area contributed by atoms with Gasteiger partial charge in [-0.1, -0.05) is 153 Å². The number of furan rings is 1. The Morgan fingerprint density at radius 2 is 1.22 bits per heavy atom. The first-order chi connectivity index (χ1) is 33.1. The number of aromatic nitrogens is 4. The molecule has 2 aliphatic carbocycles. The van der Waals surface area contributed by atoms with Crippen molar-refractivity contribution in [1.82, 2.24) is 19.5 Å². The summed E-state index contributed by atoms with van der Waals surface area (Å²) in [5.74, 6) is 2.06. The zero-order valence-electron chi connectivity index (χ0n) is 36.9. The molecule has 0 amide bonds. The first-order valence-corrected chi connectivity index (χ1v) is 23.4. The molecule has 0 aliphatic heterocycles. The number of allylic oxidation sites excluding steroid dienone is 2. The highest BCUT2D eigenvalue weighted by atomic mass is 16.3. The molecule has 0 spiro atoms. The SMILES string of the molecule is CC1CC=Cc2ccc3c(oc4c(-c5nc(-c6cccc(-c7ccccc7)c6)nc(-c6ccc7c(ccc8ccccc87)c6)n5)ccc(-n5c6c(c7cc8ccccc8cc75)CCC=C6)c43)c21. The molecule has 5 nitrogen and oxygen atoms in total. The summed E-state index contributed by atoms with van der Waals surface area (Å²) in [4.78, 5) is 16.1. The summed E-state index contributed by atoms with van der Waals surface area (Å²) in [6.45, 7) is 2.31. The highest BCUT2D eigenvalue weighted by Crippen LogP contribution is 2.47. The van der Waals surface area contributed by atoms with Crippen LogP contribution in [-0.2, 0) is 6.42 Å². The molecule has 316 valence electrons. The van der Waals surface area contributed by atoms with E-state index in [1.54, 1.807) is 0 Å². The van der Waals surface area contributed by atoms with Crippen LogP contribution < -0.4 is 0 Å². The van der Waals surface area contributed by atoms with Crippen molar-refractivity contribution in [2.24, 2.45) is 0 Å². The predicted octanol–water partition coefficient (Wildman–Crippen LogP) is 16.3. The van der Waals surface area contributed by atoms with Crippen LogP contribution in [0.5, 0.6) is 0 Å². The maximum Gasteiger partial charge on any atom is 0.167 e. The van der Waals surface area contributed by atoms with E-state index in [2.05, 4.69) is 200 Å². The van der Waals surface area contributed by atoms with E-state index in [-0.39, 0.29) is 0 Å². The third kappa shape index (κ3) is 5.97. The number of aryl methyl sites for hydroxylation is 1. The van der Waals surface area contributed by atoms with Gasteiger partial charge >= 0.3 is 0 Å². The molecule has 12 aromatic rings. The molecule has 0 bridgehead atoms. The second-order valence-corrected chi connectivity index (χ2v) is 18.3. The van der Waals surface area contributed by atoms with Crippen molar-refractivity contribution in [3.8, 4) is 51.0 Å². The fourth-order valence-corrected chi connectivity index (χ4v) is 11.0. The normalized spacial score (nSPS) is 14.5. The van der Waals surface area contributed by atoms with Crippen LogP contribution in [0.3, 0.4) is 0 Å². The maximum atomic E-state index is 7.37. The number of rotatable bonds is 5. The molecular weight excluding hydrogens is 817 g/mol. The van der Waals surface area contributed by atoms with Crippen LogP contribution in [0.25, 0.3) is 128 Å². The van der Waals surface area contributed by atoms with Crippen molar-refractivity contribution in [1.29, 1.82) is 0 Å². The van der Waals surface area contributed by atoms with Crippen LogP contribution >= 0.6 is 0 Å². The number of benzene rings is 9. The van der Waals surface area contributed by atoms with Gasteiger partial charge in [0.25, 0.3) is 0 Å². The molecule has 1 unspecified atom stereocenters. The Kier molecular flexibility index (Phi) is 8.38. The van der Waals surface area contributed by atoms with Gasteiger partial charge in [0.05, 0.1) is 22.2 Å². The minimum Gasteiger partial charge on any atom is -0.455 e. The number of hydrogen-bond acceptors (Lipinski definition) is 4. The minimum absolute atomic E-state index is 0.294. The lowest BCUT2D eigenvalue weighted by Gasteiger charge is -2.17. The molecule has 0 saturated carbocycles. The molecule has 0 fully saturated rings. The van der Waals surface area contributed by atoms with Crippen LogP contribution in [0.15, 0.2) is 186 Å². The Bertz CT molecular complexity index is 4100. The van der Waals surface area contributed by atoms with E-state index in [1.165, 1.54) is 60.2 Å². The number of fused-ring (bicyclic) bond motifs is 12. The van der Waals surface area contributed by atoms with Gasteiger partial charge in [-0.15, -0.1) is 0 Å². The van der Waals surface area contributed by atoms with Gasteiger partial charge in [0.1, 0.15) is 11.2 Å². The van der Waals surface area contributed by atoms with Gasteiger partial charge in [-0.05, 0) is 128 Å². The van der Waals surface area contributed by atoms with Crippen LogP contribution in [0, 0.1) is 0 Å². The van der Waals surface area contributed by atoms with Gasteiger partial charge in [0.15, 0.2) is 17.5 Å². The molecule has 3 aromatic heterocycles. The zero-order valence-corrected chi connectivity index (χ0v) is 36.9. The van der Waals surface area contributed by atoms with Gasteiger partial charge in [-0.2, -0.15) is 0 Å². The molecule has 14 rings (SSSR count). The van der Waals surface area contributed by atoms with Gasteiger partial charge in [0.2, 0.25) is 0 Å². The fourth-order valence-electron chi connectivity index (χ4n) is 11.0. The van der Waals surface area contributed by atoms with Gasteiger partial charge in [0, 0.05) is 33.2 Å². The highest BCUT2D eigenvalue weighted by Gasteiger charge is 2.28. The quantitative estimate of drug-likeness (QED) is 0.162. The molecule has 1 atom stereocenters. The van der Waals surface area contributed by atoms with Crippen LogP contribution in [0.4, 0.5) is 0 Å². The second-order valence-electron chi connectivity index (χ2n) is 18.3. The Morgan fingerprint density at radius 1 is 0.507 bits per heavy atom. The van der Waals surface area contributed by atoms with E-state index in [1.807, 2.05) is 6.07 Å². The molecular formula is C62H42N4O. The molecule has 0 N–H and O–H groups in total. The van der Waals surface area contributed by atoms with Crippen molar-refractivity contribution in [2.75, 3.05) is 0 Å². The van der Waals surface area contributed by atoms with E-state index in [0.717, 1.165) is 80.1 Å². The zero-order chi connectivity index (χ0) is 44.2. The summed E-state index contributed by atoms with van der Waals surface area (Å²) >= 11 is 0. The fraction of sp³-hybridized carbons (Fsp3) is 0.0806. The summed E-state index contributed by atoms with van der Waals surface area (Å²) in [6.07, 6.45) is 12.1. The lowest BCUT2D eigenvalue weighted by atomic mass is 9.87. The molecule has 0 saturated heterocycles.